The second-order valence-electron chi connectivity index (χ2n) is 7.09. The normalized spacial score (nSPS) is 14.1. The second kappa shape index (κ2) is 10.9. The number of carbonyl (C=O) groups is 2. The highest BCUT2D eigenvalue weighted by molar-refractivity contribution is 7.99. The number of amides is 2. The molecule has 0 spiro atoms. The van der Waals surface area contributed by atoms with Crippen LogP contribution in [0.1, 0.15) is 19.4 Å². The van der Waals surface area contributed by atoms with E-state index in [1.165, 1.54) is 24.9 Å². The highest BCUT2D eigenvalue weighted by Crippen LogP contribution is 2.29. The Kier molecular flexibility index (Phi) is 8.56. The van der Waals surface area contributed by atoms with Crippen molar-refractivity contribution in [2.45, 2.75) is 19.6 Å². The third-order valence-corrected chi connectivity index (χ3v) is 5.35. The van der Waals surface area contributed by atoms with Gasteiger partial charge in [-0.15, -0.1) is 11.8 Å². The lowest BCUT2D eigenvalue weighted by Gasteiger charge is -2.34. The summed E-state index contributed by atoms with van der Waals surface area (Å²) in [6.45, 7) is 6.21. The fourth-order valence-electron chi connectivity index (χ4n) is 2.78. The average Bonchev–Trinajstić information content (AvgIpc) is 2.71. The minimum absolute atomic E-state index is 0.00629. The predicted octanol–water partition coefficient (Wildman–Crippen LogP) is 2.77. The quantitative estimate of drug-likeness (QED) is 0.466. The number of hydrogen-bond acceptors (Lipinski definition) is 7. The van der Waals surface area contributed by atoms with Gasteiger partial charge in [-0.25, -0.2) is 4.79 Å². The fourth-order valence-corrected chi connectivity index (χ4v) is 3.66. The minimum Gasteiger partial charge on any atom is -0.490 e. The van der Waals surface area contributed by atoms with Gasteiger partial charge in [0, 0.05) is 38.0 Å². The molecule has 0 unspecified atom stereocenters. The number of nitro groups is 1. The summed E-state index contributed by atoms with van der Waals surface area (Å²) >= 11 is 1.40. The van der Waals surface area contributed by atoms with Crippen LogP contribution in [0.5, 0.6) is 5.75 Å². The lowest BCUT2D eigenvalue weighted by Crippen LogP contribution is -2.51. The molecule has 1 aromatic rings. The molecule has 160 valence electrons. The molecule has 2 amide bonds. The van der Waals surface area contributed by atoms with E-state index in [-0.39, 0.29) is 35.1 Å². The van der Waals surface area contributed by atoms with Crippen LogP contribution in [0.3, 0.4) is 0 Å². The zero-order valence-corrected chi connectivity index (χ0v) is 17.8. The van der Waals surface area contributed by atoms with Crippen molar-refractivity contribution >= 4 is 29.4 Å². The molecule has 1 aromatic carbocycles. The SMILES string of the molecule is COc1ccc(CSCC(=O)N2CCN(C(=O)OCC(C)C)CC2)cc1[N+](=O)[O-]. The van der Waals surface area contributed by atoms with Crippen molar-refractivity contribution in [3.63, 3.8) is 0 Å². The summed E-state index contributed by atoms with van der Waals surface area (Å²) in [7, 11) is 1.39. The van der Waals surface area contributed by atoms with E-state index < -0.39 is 4.92 Å². The molecule has 1 saturated heterocycles. The Hall–Kier alpha value is -2.49. The maximum absolute atomic E-state index is 12.4. The molecular weight excluding hydrogens is 398 g/mol. The smallest absolute Gasteiger partial charge is 0.409 e. The van der Waals surface area contributed by atoms with E-state index in [4.69, 9.17) is 9.47 Å². The fraction of sp³-hybridized carbons (Fsp3) is 0.579. The topological polar surface area (TPSA) is 102 Å². The summed E-state index contributed by atoms with van der Waals surface area (Å²) < 4.78 is 10.2. The maximum atomic E-state index is 12.4. The number of hydrogen-bond donors (Lipinski definition) is 0. The van der Waals surface area contributed by atoms with Crippen molar-refractivity contribution in [2.75, 3.05) is 45.6 Å². The van der Waals surface area contributed by atoms with Crippen molar-refractivity contribution in [1.29, 1.82) is 0 Å². The van der Waals surface area contributed by atoms with E-state index in [0.717, 1.165) is 5.56 Å². The van der Waals surface area contributed by atoms with Gasteiger partial charge in [-0.05, 0) is 17.5 Å². The first kappa shape index (κ1) is 22.8. The molecule has 1 aliphatic rings. The third kappa shape index (κ3) is 6.81. The monoisotopic (exact) mass is 425 g/mol. The molecule has 0 radical (unpaired) electrons. The van der Waals surface area contributed by atoms with Crippen molar-refractivity contribution < 1.29 is 24.0 Å². The molecule has 2 rings (SSSR count). The molecule has 0 atom stereocenters. The Morgan fingerprint density at radius 3 is 2.45 bits per heavy atom. The summed E-state index contributed by atoms with van der Waals surface area (Å²) in [6.07, 6.45) is -0.332. The lowest BCUT2D eigenvalue weighted by atomic mass is 10.2. The van der Waals surface area contributed by atoms with Gasteiger partial charge in [-0.1, -0.05) is 19.9 Å². The van der Waals surface area contributed by atoms with Gasteiger partial charge in [0.05, 0.1) is 24.4 Å². The number of piperazine rings is 1. The van der Waals surface area contributed by atoms with Gasteiger partial charge in [0.25, 0.3) is 0 Å². The Labute approximate surface area is 174 Å². The first-order chi connectivity index (χ1) is 13.8. The predicted molar refractivity (Wildman–Crippen MR) is 110 cm³/mol. The van der Waals surface area contributed by atoms with Crippen molar-refractivity contribution in [2.24, 2.45) is 5.92 Å². The van der Waals surface area contributed by atoms with Gasteiger partial charge in [-0.2, -0.15) is 0 Å². The van der Waals surface area contributed by atoms with Gasteiger partial charge < -0.3 is 19.3 Å². The first-order valence-electron chi connectivity index (χ1n) is 9.40. The Morgan fingerprint density at radius 2 is 1.86 bits per heavy atom. The number of nitro benzene ring substituents is 1. The number of nitrogens with zero attached hydrogens (tertiary/aromatic N) is 3. The molecule has 1 heterocycles. The van der Waals surface area contributed by atoms with Crippen LogP contribution in [-0.2, 0) is 15.3 Å². The highest BCUT2D eigenvalue weighted by atomic mass is 32.2. The summed E-state index contributed by atoms with van der Waals surface area (Å²) in [4.78, 5) is 38.3. The van der Waals surface area contributed by atoms with Crippen molar-refractivity contribution in [3.05, 3.63) is 33.9 Å². The summed E-state index contributed by atoms with van der Waals surface area (Å²) in [6, 6.07) is 4.79. The van der Waals surface area contributed by atoms with Crippen LogP contribution in [0.2, 0.25) is 0 Å². The van der Waals surface area contributed by atoms with Crippen molar-refractivity contribution in [3.8, 4) is 5.75 Å². The molecule has 0 N–H and O–H groups in total. The van der Waals surface area contributed by atoms with E-state index in [0.29, 0.717) is 38.5 Å². The molecule has 0 bridgehead atoms. The maximum Gasteiger partial charge on any atom is 0.409 e. The van der Waals surface area contributed by atoms with Crippen LogP contribution >= 0.6 is 11.8 Å². The van der Waals surface area contributed by atoms with E-state index in [1.807, 2.05) is 13.8 Å². The first-order valence-corrected chi connectivity index (χ1v) is 10.6. The number of carbonyl (C=O) groups excluding carboxylic acids is 2. The summed E-state index contributed by atoms with van der Waals surface area (Å²) in [5, 5.41) is 11.1. The largest absolute Gasteiger partial charge is 0.490 e. The summed E-state index contributed by atoms with van der Waals surface area (Å²) in [5.41, 5.74) is 0.672. The Bertz CT molecular complexity index is 735. The third-order valence-electron chi connectivity index (χ3n) is 4.36. The number of methoxy groups -OCH3 is 1. The Morgan fingerprint density at radius 1 is 1.21 bits per heavy atom. The molecule has 0 aliphatic carbocycles. The average molecular weight is 426 g/mol. The molecule has 1 fully saturated rings. The lowest BCUT2D eigenvalue weighted by molar-refractivity contribution is -0.385. The van der Waals surface area contributed by atoms with E-state index in [2.05, 4.69) is 0 Å². The number of ether oxygens (including phenoxy) is 2. The molecule has 0 saturated carbocycles. The van der Waals surface area contributed by atoms with Crippen LogP contribution in [-0.4, -0.2) is 72.4 Å². The van der Waals surface area contributed by atoms with Crippen LogP contribution in [0.25, 0.3) is 0 Å². The minimum atomic E-state index is -0.482. The van der Waals surface area contributed by atoms with E-state index in [9.17, 15) is 19.7 Å². The zero-order valence-electron chi connectivity index (χ0n) is 17.0. The number of benzene rings is 1. The van der Waals surface area contributed by atoms with Crippen LogP contribution in [0, 0.1) is 16.0 Å². The molecule has 0 aromatic heterocycles. The molecule has 9 nitrogen and oxygen atoms in total. The van der Waals surface area contributed by atoms with E-state index in [1.54, 1.807) is 21.9 Å². The Balaban J connectivity index is 1.76. The number of rotatable bonds is 8. The molecule has 10 heteroatoms. The van der Waals surface area contributed by atoms with Crippen molar-refractivity contribution in [1.82, 2.24) is 9.80 Å². The van der Waals surface area contributed by atoms with E-state index >= 15 is 0 Å². The molecular formula is C19H27N3O6S. The van der Waals surface area contributed by atoms with Crippen LogP contribution < -0.4 is 4.74 Å². The zero-order chi connectivity index (χ0) is 21.4. The van der Waals surface area contributed by atoms with Gasteiger partial charge in [-0.3, -0.25) is 14.9 Å². The highest BCUT2D eigenvalue weighted by Gasteiger charge is 2.25. The van der Waals surface area contributed by atoms with Crippen LogP contribution in [0.15, 0.2) is 18.2 Å². The van der Waals surface area contributed by atoms with Gasteiger partial charge in [0.1, 0.15) is 0 Å². The summed E-state index contributed by atoms with van der Waals surface area (Å²) in [5.74, 6) is 1.25. The van der Waals surface area contributed by atoms with Gasteiger partial charge >= 0.3 is 11.8 Å². The van der Waals surface area contributed by atoms with Gasteiger partial charge in [0.15, 0.2) is 5.75 Å². The molecule has 1 aliphatic heterocycles. The second-order valence-corrected chi connectivity index (χ2v) is 8.08. The standard InChI is InChI=1S/C19H27N3O6S/c1-14(2)11-28-19(24)21-8-6-20(7-9-21)18(23)13-29-12-15-4-5-17(27-3)16(10-15)22(25)26/h4-5,10,14H,6-9,11-13H2,1-3H3. The number of thioether (sulfide) groups is 1. The molecule has 29 heavy (non-hydrogen) atoms. The van der Waals surface area contributed by atoms with Crippen LogP contribution in [0.4, 0.5) is 10.5 Å². The van der Waals surface area contributed by atoms with Gasteiger partial charge in [0.2, 0.25) is 5.91 Å².